The van der Waals surface area contributed by atoms with Gasteiger partial charge in [0.15, 0.2) is 0 Å². The highest BCUT2D eigenvalue weighted by molar-refractivity contribution is 5.94. The first-order valence-electron chi connectivity index (χ1n) is 8.14. The molecule has 6 heteroatoms. The summed E-state index contributed by atoms with van der Waals surface area (Å²) in [5.74, 6) is -0.623. The van der Waals surface area contributed by atoms with Gasteiger partial charge in [0, 0.05) is 24.7 Å². The van der Waals surface area contributed by atoms with Crippen LogP contribution in [0.5, 0.6) is 0 Å². The molecule has 0 bridgehead atoms. The molecule has 0 aliphatic heterocycles. The highest BCUT2D eigenvalue weighted by Crippen LogP contribution is 2.17. The maximum absolute atomic E-state index is 12.8. The van der Waals surface area contributed by atoms with Crippen LogP contribution in [0.1, 0.15) is 43.0 Å². The summed E-state index contributed by atoms with van der Waals surface area (Å²) in [4.78, 5) is 23.8. The van der Waals surface area contributed by atoms with Crippen LogP contribution in [0.15, 0.2) is 24.3 Å². The van der Waals surface area contributed by atoms with Crippen molar-refractivity contribution >= 4 is 11.8 Å². The predicted molar refractivity (Wildman–Crippen MR) is 86.6 cm³/mol. The van der Waals surface area contributed by atoms with E-state index in [9.17, 15) is 14.0 Å². The summed E-state index contributed by atoms with van der Waals surface area (Å²) >= 11 is 0. The summed E-state index contributed by atoms with van der Waals surface area (Å²) in [7, 11) is 0. The molecule has 1 aromatic rings. The molecule has 1 unspecified atom stereocenters. The van der Waals surface area contributed by atoms with Crippen LogP contribution < -0.4 is 16.0 Å². The van der Waals surface area contributed by atoms with E-state index in [2.05, 4.69) is 16.0 Å². The zero-order chi connectivity index (χ0) is 16.7. The summed E-state index contributed by atoms with van der Waals surface area (Å²) in [6, 6.07) is 5.40. The molecule has 1 fully saturated rings. The minimum Gasteiger partial charge on any atom is -0.352 e. The lowest BCUT2D eigenvalue weighted by molar-refractivity contribution is -0.123. The van der Waals surface area contributed by atoms with E-state index in [1.807, 2.05) is 6.92 Å². The molecule has 1 atom stereocenters. The predicted octanol–water partition coefficient (Wildman–Crippen LogP) is 1.59. The topological polar surface area (TPSA) is 70.2 Å². The number of amides is 2. The van der Waals surface area contributed by atoms with Gasteiger partial charge in [0.25, 0.3) is 5.91 Å². The molecular weight excluding hydrogens is 297 g/mol. The maximum atomic E-state index is 12.8. The van der Waals surface area contributed by atoms with Gasteiger partial charge in [0.05, 0.1) is 6.04 Å². The molecule has 2 amide bonds. The Morgan fingerprint density at radius 2 is 1.83 bits per heavy atom. The lowest BCUT2D eigenvalue weighted by Crippen LogP contribution is -2.47. The SMILES string of the molecule is CC(NCCNC(=O)c1ccc(F)cc1)C(=O)NC1CCCC1. The molecular formula is C17H24FN3O2. The third-order valence-corrected chi connectivity index (χ3v) is 4.06. The van der Waals surface area contributed by atoms with Crippen molar-refractivity contribution in [2.24, 2.45) is 0 Å². The second-order valence-electron chi connectivity index (χ2n) is 5.93. The van der Waals surface area contributed by atoms with Crippen molar-refractivity contribution in [3.8, 4) is 0 Å². The largest absolute Gasteiger partial charge is 0.352 e. The standard InChI is InChI=1S/C17H24FN3O2/c1-12(16(22)21-15-4-2-3-5-15)19-10-11-20-17(23)13-6-8-14(18)9-7-13/h6-9,12,15,19H,2-5,10-11H2,1H3,(H,20,23)(H,21,22). The summed E-state index contributed by atoms with van der Waals surface area (Å²) in [5, 5.41) is 8.85. The van der Waals surface area contributed by atoms with Crippen LogP contribution >= 0.6 is 0 Å². The van der Waals surface area contributed by atoms with Gasteiger partial charge in [-0.15, -0.1) is 0 Å². The number of nitrogens with one attached hydrogen (secondary N) is 3. The fourth-order valence-corrected chi connectivity index (χ4v) is 2.66. The normalized spacial score (nSPS) is 16.1. The molecule has 1 aliphatic carbocycles. The number of hydrogen-bond donors (Lipinski definition) is 3. The summed E-state index contributed by atoms with van der Waals surface area (Å²) < 4.78 is 12.8. The molecule has 0 aromatic heterocycles. The van der Waals surface area contributed by atoms with Gasteiger partial charge in [0.1, 0.15) is 5.82 Å². The molecule has 1 saturated carbocycles. The van der Waals surface area contributed by atoms with Gasteiger partial charge in [-0.1, -0.05) is 12.8 Å². The molecule has 1 aromatic carbocycles. The van der Waals surface area contributed by atoms with Crippen molar-refractivity contribution in [1.82, 2.24) is 16.0 Å². The zero-order valence-corrected chi connectivity index (χ0v) is 13.4. The van der Waals surface area contributed by atoms with Crippen molar-refractivity contribution in [3.63, 3.8) is 0 Å². The molecule has 5 nitrogen and oxygen atoms in total. The van der Waals surface area contributed by atoms with E-state index in [4.69, 9.17) is 0 Å². The molecule has 1 aliphatic rings. The monoisotopic (exact) mass is 321 g/mol. The van der Waals surface area contributed by atoms with Crippen molar-refractivity contribution in [2.75, 3.05) is 13.1 Å². The fraction of sp³-hybridized carbons (Fsp3) is 0.529. The number of carbonyl (C=O) groups is 2. The Hall–Kier alpha value is -1.95. The third-order valence-electron chi connectivity index (χ3n) is 4.06. The number of halogens is 1. The zero-order valence-electron chi connectivity index (χ0n) is 13.4. The van der Waals surface area contributed by atoms with Gasteiger partial charge in [-0.2, -0.15) is 0 Å². The Morgan fingerprint density at radius 1 is 1.17 bits per heavy atom. The van der Waals surface area contributed by atoms with Gasteiger partial charge in [-0.05, 0) is 44.0 Å². The summed E-state index contributed by atoms with van der Waals surface area (Å²) in [5.41, 5.74) is 0.415. The molecule has 126 valence electrons. The molecule has 0 radical (unpaired) electrons. The minimum absolute atomic E-state index is 0.00163. The van der Waals surface area contributed by atoms with E-state index in [-0.39, 0.29) is 23.7 Å². The summed E-state index contributed by atoms with van der Waals surface area (Å²) in [6.07, 6.45) is 4.49. The van der Waals surface area contributed by atoms with Crippen LogP contribution in [0.4, 0.5) is 4.39 Å². The second kappa shape index (κ2) is 8.62. The first-order chi connectivity index (χ1) is 11.1. The van der Waals surface area contributed by atoms with Crippen molar-refractivity contribution < 1.29 is 14.0 Å². The van der Waals surface area contributed by atoms with E-state index < -0.39 is 0 Å². The van der Waals surface area contributed by atoms with Gasteiger partial charge in [-0.25, -0.2) is 4.39 Å². The van der Waals surface area contributed by atoms with E-state index in [1.54, 1.807) is 0 Å². The maximum Gasteiger partial charge on any atom is 0.251 e. The van der Waals surface area contributed by atoms with Crippen LogP contribution in [-0.2, 0) is 4.79 Å². The average Bonchev–Trinajstić information content (AvgIpc) is 3.04. The summed E-state index contributed by atoms with van der Waals surface area (Å²) in [6.45, 7) is 2.70. The van der Waals surface area contributed by atoms with Gasteiger partial charge < -0.3 is 16.0 Å². The van der Waals surface area contributed by atoms with Crippen molar-refractivity contribution in [3.05, 3.63) is 35.6 Å². The lowest BCUT2D eigenvalue weighted by Gasteiger charge is -2.17. The Labute approximate surface area is 136 Å². The lowest BCUT2D eigenvalue weighted by atomic mass is 10.2. The number of hydrogen-bond acceptors (Lipinski definition) is 3. The van der Waals surface area contributed by atoms with Crippen LogP contribution in [0.2, 0.25) is 0 Å². The number of carbonyl (C=O) groups excluding carboxylic acids is 2. The van der Waals surface area contributed by atoms with Crippen LogP contribution in [-0.4, -0.2) is 37.0 Å². The fourth-order valence-electron chi connectivity index (χ4n) is 2.66. The smallest absolute Gasteiger partial charge is 0.251 e. The molecule has 3 N–H and O–H groups in total. The molecule has 0 heterocycles. The Morgan fingerprint density at radius 3 is 2.48 bits per heavy atom. The first-order valence-corrected chi connectivity index (χ1v) is 8.14. The van der Waals surface area contributed by atoms with Crippen molar-refractivity contribution in [2.45, 2.75) is 44.7 Å². The van der Waals surface area contributed by atoms with Crippen LogP contribution in [0, 0.1) is 5.82 Å². The van der Waals surface area contributed by atoms with Gasteiger partial charge in [-0.3, -0.25) is 9.59 Å². The first kappa shape index (κ1) is 17.4. The van der Waals surface area contributed by atoms with E-state index in [0.717, 1.165) is 12.8 Å². The Kier molecular flexibility index (Phi) is 6.52. The average molecular weight is 321 g/mol. The van der Waals surface area contributed by atoms with Crippen LogP contribution in [0.25, 0.3) is 0 Å². The number of rotatable bonds is 7. The van der Waals surface area contributed by atoms with E-state index in [1.165, 1.54) is 37.1 Å². The van der Waals surface area contributed by atoms with E-state index >= 15 is 0 Å². The van der Waals surface area contributed by atoms with Gasteiger partial charge in [0.2, 0.25) is 5.91 Å². The highest BCUT2D eigenvalue weighted by atomic mass is 19.1. The Balaban J connectivity index is 1.63. The molecule has 2 rings (SSSR count). The quantitative estimate of drug-likeness (QED) is 0.668. The molecule has 0 spiro atoms. The molecule has 23 heavy (non-hydrogen) atoms. The highest BCUT2D eigenvalue weighted by Gasteiger charge is 2.20. The Bertz CT molecular complexity index is 527. The third kappa shape index (κ3) is 5.63. The van der Waals surface area contributed by atoms with E-state index in [0.29, 0.717) is 24.7 Å². The van der Waals surface area contributed by atoms with Crippen molar-refractivity contribution in [1.29, 1.82) is 0 Å². The van der Waals surface area contributed by atoms with Gasteiger partial charge >= 0.3 is 0 Å². The number of benzene rings is 1. The van der Waals surface area contributed by atoms with Crippen LogP contribution in [0.3, 0.4) is 0 Å². The second-order valence-corrected chi connectivity index (χ2v) is 5.93. The minimum atomic E-state index is -0.370. The molecule has 0 saturated heterocycles.